The van der Waals surface area contributed by atoms with Crippen LogP contribution in [-0.4, -0.2) is 44.8 Å². The molecule has 0 aromatic carbocycles. The summed E-state index contributed by atoms with van der Waals surface area (Å²) >= 11 is 0. The molecule has 0 heterocycles. The van der Waals surface area contributed by atoms with Gasteiger partial charge in [-0.2, -0.15) is 0 Å². The van der Waals surface area contributed by atoms with Crippen LogP contribution in [0.25, 0.3) is 0 Å². The minimum absolute atomic E-state index is 0.128. The highest BCUT2D eigenvalue weighted by Crippen LogP contribution is 2.03. The minimum Gasteiger partial charge on any atom is -0.450 e. The summed E-state index contributed by atoms with van der Waals surface area (Å²) in [6.45, 7) is 13.2. The van der Waals surface area contributed by atoms with E-state index in [-0.39, 0.29) is 18.4 Å². The summed E-state index contributed by atoms with van der Waals surface area (Å²) in [6, 6.07) is -1.41. The zero-order valence-electron chi connectivity index (χ0n) is 14.6. The van der Waals surface area contributed by atoms with Gasteiger partial charge in [-0.25, -0.2) is 4.79 Å². The molecule has 0 aliphatic carbocycles. The van der Waals surface area contributed by atoms with Crippen molar-refractivity contribution in [3.8, 4) is 0 Å². The van der Waals surface area contributed by atoms with E-state index in [1.165, 1.54) is 0 Å². The zero-order valence-corrected chi connectivity index (χ0v) is 15.6. The summed E-state index contributed by atoms with van der Waals surface area (Å²) in [4.78, 5) is 38.7. The lowest BCUT2D eigenvalue weighted by Gasteiger charge is -2.25. The number of ether oxygens (including phenoxy) is 1. The molecule has 3 amide bonds. The van der Waals surface area contributed by atoms with Crippen LogP contribution < -0.4 is 15.6 Å². The molecular formula is C14H29N3O4Si. The highest BCUT2D eigenvalue weighted by atomic mass is 28.3. The van der Waals surface area contributed by atoms with Crippen LogP contribution in [0.1, 0.15) is 27.7 Å². The number of nitrogens with one attached hydrogen (secondary N) is 3. The molecule has 0 spiro atoms. The molecule has 0 saturated heterocycles. The first-order chi connectivity index (χ1) is 9.97. The van der Waals surface area contributed by atoms with Crippen LogP contribution in [0.3, 0.4) is 0 Å². The van der Waals surface area contributed by atoms with Gasteiger partial charge in [0.25, 0.3) is 0 Å². The van der Waals surface area contributed by atoms with Crippen LogP contribution in [0.15, 0.2) is 0 Å². The van der Waals surface area contributed by atoms with Crippen LogP contribution >= 0.6 is 0 Å². The smallest absolute Gasteiger partial charge is 0.407 e. The third-order valence-corrected chi connectivity index (χ3v) is 3.74. The highest BCUT2D eigenvalue weighted by molar-refractivity contribution is 6.75. The Morgan fingerprint density at radius 1 is 1.00 bits per heavy atom. The van der Waals surface area contributed by atoms with E-state index >= 15 is 0 Å². The SMILES string of the molecule is CCOC(=O)NC(C(=O)NC(C)C(=O)N[Si](C)(C)C)C(C)C. The standard InChI is InChI=1S/C14H29N3O4Si/c1-8-21-14(20)16-11(9(2)3)13(19)15-10(4)12(18)17-22(5,6)7/h9-11H,8H2,1-7H3,(H,15,19)(H,16,20)(H,17,18). The average Bonchev–Trinajstić information content (AvgIpc) is 2.33. The molecule has 7 nitrogen and oxygen atoms in total. The Morgan fingerprint density at radius 3 is 1.95 bits per heavy atom. The predicted octanol–water partition coefficient (Wildman–Crippen LogP) is 1.21. The van der Waals surface area contributed by atoms with Crippen LogP contribution in [-0.2, 0) is 14.3 Å². The highest BCUT2D eigenvalue weighted by Gasteiger charge is 2.28. The van der Waals surface area contributed by atoms with Crippen LogP contribution in [0, 0.1) is 5.92 Å². The van der Waals surface area contributed by atoms with Crippen molar-refractivity contribution in [1.82, 2.24) is 15.6 Å². The first kappa shape index (κ1) is 20.4. The summed E-state index contributed by atoms with van der Waals surface area (Å²) in [5.41, 5.74) is 0. The van der Waals surface area contributed by atoms with Crippen molar-refractivity contribution in [3.05, 3.63) is 0 Å². The number of carbonyl (C=O) groups excluding carboxylic acids is 3. The molecule has 0 rings (SSSR count). The van der Waals surface area contributed by atoms with Crippen molar-refractivity contribution in [2.75, 3.05) is 6.61 Å². The fraction of sp³-hybridized carbons (Fsp3) is 0.786. The van der Waals surface area contributed by atoms with E-state index in [4.69, 9.17) is 4.74 Å². The number of amides is 3. The minimum atomic E-state index is -1.76. The Kier molecular flexibility index (Phi) is 8.14. The van der Waals surface area contributed by atoms with E-state index in [0.717, 1.165) is 0 Å². The van der Waals surface area contributed by atoms with Gasteiger partial charge in [0.05, 0.1) is 6.61 Å². The lowest BCUT2D eigenvalue weighted by atomic mass is 10.0. The Bertz CT molecular complexity index is 407. The van der Waals surface area contributed by atoms with Crippen molar-refractivity contribution in [2.24, 2.45) is 5.92 Å². The first-order valence-corrected chi connectivity index (χ1v) is 11.0. The molecular weight excluding hydrogens is 302 g/mol. The van der Waals surface area contributed by atoms with Crippen LogP contribution in [0.4, 0.5) is 4.79 Å². The molecule has 0 aliphatic heterocycles. The van der Waals surface area contributed by atoms with Gasteiger partial charge >= 0.3 is 6.09 Å². The van der Waals surface area contributed by atoms with E-state index < -0.39 is 32.3 Å². The lowest BCUT2D eigenvalue weighted by Crippen LogP contribution is -2.57. The van der Waals surface area contributed by atoms with Gasteiger partial charge in [0.1, 0.15) is 20.3 Å². The summed E-state index contributed by atoms with van der Waals surface area (Å²) in [6.07, 6.45) is -0.643. The number of hydrogen-bond donors (Lipinski definition) is 3. The van der Waals surface area contributed by atoms with Crippen molar-refractivity contribution < 1.29 is 19.1 Å². The predicted molar refractivity (Wildman–Crippen MR) is 87.9 cm³/mol. The van der Waals surface area contributed by atoms with Gasteiger partial charge in [-0.3, -0.25) is 9.59 Å². The average molecular weight is 331 g/mol. The maximum atomic E-state index is 12.3. The second-order valence-corrected chi connectivity index (χ2v) is 11.3. The molecule has 3 N–H and O–H groups in total. The van der Waals surface area contributed by atoms with E-state index in [9.17, 15) is 14.4 Å². The van der Waals surface area contributed by atoms with Gasteiger partial charge in [-0.1, -0.05) is 33.5 Å². The second-order valence-electron chi connectivity index (χ2n) is 6.56. The summed E-state index contributed by atoms with van der Waals surface area (Å²) in [5, 5.41) is 5.15. The Hall–Kier alpha value is -1.57. The Morgan fingerprint density at radius 2 is 1.55 bits per heavy atom. The van der Waals surface area contributed by atoms with Gasteiger partial charge < -0.3 is 20.4 Å². The van der Waals surface area contributed by atoms with Gasteiger partial charge in [0, 0.05) is 0 Å². The molecule has 0 aromatic heterocycles. The number of alkyl carbamates (subject to hydrolysis) is 1. The summed E-state index contributed by atoms with van der Waals surface area (Å²) in [7, 11) is -1.76. The molecule has 2 atom stereocenters. The topological polar surface area (TPSA) is 96.5 Å². The molecule has 0 bridgehead atoms. The zero-order chi connectivity index (χ0) is 17.5. The summed E-state index contributed by atoms with van der Waals surface area (Å²) in [5.74, 6) is -0.746. The molecule has 0 fully saturated rings. The Labute approximate surface area is 133 Å². The van der Waals surface area contributed by atoms with E-state index in [2.05, 4.69) is 15.6 Å². The quantitative estimate of drug-likeness (QED) is 0.611. The largest absolute Gasteiger partial charge is 0.450 e. The molecule has 0 radical (unpaired) electrons. The molecule has 2 unspecified atom stereocenters. The van der Waals surface area contributed by atoms with Crippen LogP contribution in [0.2, 0.25) is 19.6 Å². The molecule has 0 aromatic rings. The van der Waals surface area contributed by atoms with Crippen molar-refractivity contribution >= 4 is 26.1 Å². The van der Waals surface area contributed by atoms with E-state index in [0.29, 0.717) is 0 Å². The maximum absolute atomic E-state index is 12.3. The number of carbonyl (C=O) groups is 3. The maximum Gasteiger partial charge on any atom is 0.407 e. The van der Waals surface area contributed by atoms with Gasteiger partial charge in [0.2, 0.25) is 11.8 Å². The van der Waals surface area contributed by atoms with Gasteiger partial charge in [-0.05, 0) is 19.8 Å². The summed E-state index contributed by atoms with van der Waals surface area (Å²) < 4.78 is 4.79. The molecule has 0 aliphatic rings. The third-order valence-electron chi connectivity index (χ3n) is 2.75. The first-order valence-electron chi connectivity index (χ1n) is 7.53. The van der Waals surface area contributed by atoms with Crippen molar-refractivity contribution in [2.45, 2.75) is 59.4 Å². The van der Waals surface area contributed by atoms with Crippen molar-refractivity contribution in [3.63, 3.8) is 0 Å². The number of rotatable bonds is 7. The normalized spacial score (nSPS) is 14.0. The van der Waals surface area contributed by atoms with Crippen LogP contribution in [0.5, 0.6) is 0 Å². The molecule has 8 heteroatoms. The molecule has 0 saturated carbocycles. The fourth-order valence-corrected chi connectivity index (χ4v) is 2.64. The number of hydrogen-bond acceptors (Lipinski definition) is 4. The molecule has 22 heavy (non-hydrogen) atoms. The third kappa shape index (κ3) is 8.01. The van der Waals surface area contributed by atoms with E-state index in [1.54, 1.807) is 13.8 Å². The van der Waals surface area contributed by atoms with Gasteiger partial charge in [0.15, 0.2) is 0 Å². The lowest BCUT2D eigenvalue weighted by molar-refractivity contribution is -0.129. The van der Waals surface area contributed by atoms with E-state index in [1.807, 2.05) is 33.5 Å². The Balaban J connectivity index is 4.69. The molecule has 128 valence electrons. The second kappa shape index (κ2) is 8.77. The monoisotopic (exact) mass is 331 g/mol. The van der Waals surface area contributed by atoms with Gasteiger partial charge in [-0.15, -0.1) is 0 Å². The fourth-order valence-electron chi connectivity index (χ4n) is 1.68. The van der Waals surface area contributed by atoms with Crippen molar-refractivity contribution in [1.29, 1.82) is 0 Å².